The smallest absolute Gasteiger partial charge is 0.284 e. The highest BCUT2D eigenvalue weighted by Gasteiger charge is 2.37. The Kier molecular flexibility index (Phi) is 10.4. The summed E-state index contributed by atoms with van der Waals surface area (Å²) < 4.78 is 0. The number of nitrogens with one attached hydrogen (secondary N) is 3. The molecule has 2 heterocycles. The molecule has 0 aromatic carbocycles. The van der Waals surface area contributed by atoms with E-state index in [4.69, 9.17) is 29.6 Å². The molecule has 2 aliphatic rings. The molecule has 1 fully saturated rings. The maximum Gasteiger partial charge on any atom is 0.284 e. The van der Waals surface area contributed by atoms with Gasteiger partial charge < -0.3 is 31.5 Å². The van der Waals surface area contributed by atoms with Crippen molar-refractivity contribution in [2.75, 3.05) is 27.7 Å². The molecule has 0 saturated heterocycles. The van der Waals surface area contributed by atoms with E-state index in [2.05, 4.69) is 37.5 Å². The van der Waals surface area contributed by atoms with Crippen molar-refractivity contribution in [3.63, 3.8) is 0 Å². The summed E-state index contributed by atoms with van der Waals surface area (Å²) >= 11 is 12.4. The first-order valence-electron chi connectivity index (χ1n) is 12.1. The lowest BCUT2D eigenvalue weighted by atomic mass is 9.81. The van der Waals surface area contributed by atoms with Crippen molar-refractivity contribution in [2.24, 2.45) is 16.6 Å². The predicted molar refractivity (Wildman–Crippen MR) is 153 cm³/mol. The molecule has 1 aliphatic carbocycles. The van der Waals surface area contributed by atoms with Gasteiger partial charge in [0.05, 0.1) is 11.7 Å². The lowest BCUT2D eigenvalue weighted by molar-refractivity contribution is -0.134. The SMILES string of the molecule is C=N/C(Cl)=C\C=C(/N)NC(=O)C(=S)N[C@H]1CCC(C(=O)N(C)C)C[C@H]1NC(=O)c1nc2c(s1)CN(C)CC2. The summed E-state index contributed by atoms with van der Waals surface area (Å²) in [6, 6.07) is -0.818. The number of carbonyl (C=O) groups excluding carboxylic acids is 3. The van der Waals surface area contributed by atoms with Crippen LogP contribution in [-0.4, -0.2) is 84.0 Å². The second-order valence-corrected chi connectivity index (χ2v) is 11.4. The number of carbonyl (C=O) groups is 3. The lowest BCUT2D eigenvalue weighted by Crippen LogP contribution is -2.57. The van der Waals surface area contributed by atoms with Crippen LogP contribution >= 0.6 is 35.2 Å². The van der Waals surface area contributed by atoms with Crippen LogP contribution in [0.4, 0.5) is 0 Å². The van der Waals surface area contributed by atoms with Gasteiger partial charge in [-0.2, -0.15) is 0 Å². The molecule has 3 rings (SSSR count). The molecule has 14 heteroatoms. The number of likely N-dealkylation sites (N-methyl/N-ethyl adjacent to an activating group) is 1. The Morgan fingerprint density at radius 1 is 1.26 bits per heavy atom. The number of aromatic nitrogens is 1. The molecule has 1 saturated carbocycles. The molecule has 5 N–H and O–H groups in total. The third-order valence-corrected chi connectivity index (χ3v) is 8.04. The molecule has 1 aromatic rings. The average molecular weight is 581 g/mol. The number of halogens is 1. The fourth-order valence-corrected chi connectivity index (χ4v) is 5.77. The fraction of sp³-hybridized carbons (Fsp3) is 0.500. The van der Waals surface area contributed by atoms with Gasteiger partial charge >= 0.3 is 0 Å². The molecule has 0 bridgehead atoms. The molecule has 206 valence electrons. The lowest BCUT2D eigenvalue weighted by Gasteiger charge is -2.37. The summed E-state index contributed by atoms with van der Waals surface area (Å²) in [5.41, 5.74) is 6.76. The van der Waals surface area contributed by atoms with E-state index in [0.29, 0.717) is 24.3 Å². The number of rotatable bonds is 7. The molecule has 1 aromatic heterocycles. The third-order valence-electron chi connectivity index (χ3n) is 6.41. The van der Waals surface area contributed by atoms with Gasteiger partial charge in [-0.25, -0.2) is 4.98 Å². The first kappa shape index (κ1) is 29.7. The normalized spacial score (nSPS) is 22.2. The Bertz CT molecular complexity index is 1170. The van der Waals surface area contributed by atoms with E-state index < -0.39 is 11.9 Å². The van der Waals surface area contributed by atoms with Gasteiger partial charge in [-0.1, -0.05) is 23.8 Å². The number of thiocarbonyl (C=S) groups is 1. The standard InChI is InChI=1S/C24H33ClN8O3S2/c1-27-18(25)7-8-19(26)31-20(34)22(37)29-14-6-5-13(24(36)32(2)3)11-16(14)28-21(35)23-30-15-9-10-33(4)12-17(15)38-23/h7-8,13-14,16H,1,5-6,9-12,26H2,2-4H3,(H,28,35)(H,29,37)(H,31,34)/b18-7-,19-8+/t13?,14-,16+/m0/s1. The zero-order valence-corrected chi connectivity index (χ0v) is 24.0. The summed E-state index contributed by atoms with van der Waals surface area (Å²) in [7, 11) is 5.46. The molecular formula is C24H33ClN8O3S2. The Morgan fingerprint density at radius 2 is 2.00 bits per heavy atom. The van der Waals surface area contributed by atoms with Crippen molar-refractivity contribution >= 4 is 64.6 Å². The van der Waals surface area contributed by atoms with Crippen LogP contribution in [0.1, 0.15) is 39.6 Å². The summed E-state index contributed by atoms with van der Waals surface area (Å²) in [5, 5.41) is 9.08. The fourth-order valence-electron chi connectivity index (χ4n) is 4.42. The quantitative estimate of drug-likeness (QED) is 0.162. The second-order valence-electron chi connectivity index (χ2n) is 9.50. The number of hydrogen-bond donors (Lipinski definition) is 4. The highest BCUT2D eigenvalue weighted by Crippen LogP contribution is 2.28. The van der Waals surface area contributed by atoms with Gasteiger partial charge in [0.25, 0.3) is 11.8 Å². The van der Waals surface area contributed by atoms with Crippen LogP contribution in [0, 0.1) is 5.92 Å². The number of allylic oxidation sites excluding steroid dienone is 2. The monoisotopic (exact) mass is 580 g/mol. The van der Waals surface area contributed by atoms with E-state index >= 15 is 0 Å². The third kappa shape index (κ3) is 7.82. The number of amides is 3. The first-order chi connectivity index (χ1) is 18.0. The summed E-state index contributed by atoms with van der Waals surface area (Å²) in [4.78, 5) is 51.3. The van der Waals surface area contributed by atoms with Gasteiger partial charge in [-0.3, -0.25) is 19.4 Å². The zero-order chi connectivity index (χ0) is 28.0. The van der Waals surface area contributed by atoms with E-state index in [9.17, 15) is 14.4 Å². The Hall–Kier alpha value is -2.87. The highest BCUT2D eigenvalue weighted by atomic mass is 35.5. The van der Waals surface area contributed by atoms with Crippen molar-refractivity contribution in [1.29, 1.82) is 0 Å². The van der Waals surface area contributed by atoms with Crippen molar-refractivity contribution in [2.45, 2.75) is 44.3 Å². The average Bonchev–Trinajstić information content (AvgIpc) is 3.31. The van der Waals surface area contributed by atoms with Crippen LogP contribution in [0.3, 0.4) is 0 Å². The molecule has 3 atom stereocenters. The summed E-state index contributed by atoms with van der Waals surface area (Å²) in [5.74, 6) is -1.16. The minimum absolute atomic E-state index is 0.00518. The summed E-state index contributed by atoms with van der Waals surface area (Å²) in [6.45, 7) is 4.95. The van der Waals surface area contributed by atoms with E-state index in [0.717, 1.165) is 30.1 Å². The minimum atomic E-state index is -0.613. The molecule has 0 radical (unpaired) electrons. The number of aliphatic imine (C=N–C) groups is 1. The van der Waals surface area contributed by atoms with Gasteiger partial charge in [0.15, 0.2) is 10.00 Å². The van der Waals surface area contributed by atoms with Crippen LogP contribution in [0.5, 0.6) is 0 Å². The van der Waals surface area contributed by atoms with E-state index in [-0.39, 0.29) is 39.7 Å². The number of thiazole rings is 1. The molecule has 0 spiro atoms. The van der Waals surface area contributed by atoms with Crippen LogP contribution in [0.15, 0.2) is 28.1 Å². The van der Waals surface area contributed by atoms with Gasteiger partial charge in [-0.15, -0.1) is 11.3 Å². The maximum absolute atomic E-state index is 13.2. The Labute approximate surface area is 236 Å². The largest absolute Gasteiger partial charge is 0.385 e. The van der Waals surface area contributed by atoms with E-state index in [1.165, 1.54) is 23.5 Å². The maximum atomic E-state index is 13.2. The van der Waals surface area contributed by atoms with Crippen LogP contribution in [0.25, 0.3) is 0 Å². The van der Waals surface area contributed by atoms with Crippen LogP contribution in [0.2, 0.25) is 0 Å². The van der Waals surface area contributed by atoms with Gasteiger partial charge in [0.2, 0.25) is 5.91 Å². The molecule has 11 nitrogen and oxygen atoms in total. The van der Waals surface area contributed by atoms with Gasteiger partial charge in [0.1, 0.15) is 11.0 Å². The van der Waals surface area contributed by atoms with Crippen molar-refractivity contribution in [1.82, 2.24) is 30.7 Å². The topological polar surface area (TPSA) is 145 Å². The molecule has 3 amide bonds. The van der Waals surface area contributed by atoms with Crippen LogP contribution in [-0.2, 0) is 22.6 Å². The number of hydrogen-bond acceptors (Lipinski definition) is 9. The van der Waals surface area contributed by atoms with E-state index in [1.807, 2.05) is 7.05 Å². The van der Waals surface area contributed by atoms with Gasteiger partial charge in [0, 0.05) is 50.4 Å². The molecule has 1 aliphatic heterocycles. The number of fused-ring (bicyclic) bond motifs is 1. The Morgan fingerprint density at radius 3 is 2.68 bits per heavy atom. The van der Waals surface area contributed by atoms with Crippen molar-refractivity contribution in [3.05, 3.63) is 38.7 Å². The first-order valence-corrected chi connectivity index (χ1v) is 13.7. The second kappa shape index (κ2) is 13.3. The summed E-state index contributed by atoms with van der Waals surface area (Å²) in [6.07, 6.45) is 5.06. The van der Waals surface area contributed by atoms with Crippen molar-refractivity contribution in [3.8, 4) is 0 Å². The predicted octanol–water partition coefficient (Wildman–Crippen LogP) is 1.10. The molecule has 38 heavy (non-hydrogen) atoms. The molecule has 1 unspecified atom stereocenters. The number of nitrogens with zero attached hydrogens (tertiary/aromatic N) is 4. The zero-order valence-electron chi connectivity index (χ0n) is 21.6. The molecular weight excluding hydrogens is 548 g/mol. The van der Waals surface area contributed by atoms with Crippen LogP contribution < -0.4 is 21.7 Å². The van der Waals surface area contributed by atoms with Gasteiger partial charge in [-0.05, 0) is 45.2 Å². The minimum Gasteiger partial charge on any atom is -0.385 e. The highest BCUT2D eigenvalue weighted by molar-refractivity contribution is 7.82. The number of nitrogens with two attached hydrogens (primary N) is 1. The van der Waals surface area contributed by atoms with Crippen molar-refractivity contribution < 1.29 is 14.4 Å². The van der Waals surface area contributed by atoms with E-state index in [1.54, 1.807) is 19.0 Å². The Balaban J connectivity index is 1.71.